The predicted octanol–water partition coefficient (Wildman–Crippen LogP) is 3.31. The number of hydrogen-bond acceptors (Lipinski definition) is 4. The van der Waals surface area contributed by atoms with Crippen LogP contribution in [0.15, 0.2) is 34.5 Å². The number of aromatic nitrogens is 3. The van der Waals surface area contributed by atoms with Gasteiger partial charge in [0.2, 0.25) is 5.16 Å². The Morgan fingerprint density at radius 1 is 1.15 bits per heavy atom. The van der Waals surface area contributed by atoms with Crippen molar-refractivity contribution >= 4 is 29.1 Å². The Labute approximate surface area is 120 Å². The van der Waals surface area contributed by atoms with Crippen LogP contribution in [-0.2, 0) is 6.18 Å². The standard InChI is InChI=1S/C11H6ClF3N4S/c12-7-3-1-6(2-4-7)8-5-20-10-17-16-9(11(13,14)15)19(10)18-8/h1-4H,5H2. The maximum Gasteiger partial charge on any atom is 0.453 e. The maximum atomic E-state index is 12.8. The molecule has 0 unspecified atom stereocenters. The van der Waals surface area contributed by atoms with Crippen LogP contribution in [0.2, 0.25) is 5.02 Å². The van der Waals surface area contributed by atoms with Crippen LogP contribution < -0.4 is 0 Å². The fourth-order valence-electron chi connectivity index (χ4n) is 1.69. The highest BCUT2D eigenvalue weighted by molar-refractivity contribution is 7.99. The number of benzene rings is 1. The van der Waals surface area contributed by atoms with Gasteiger partial charge < -0.3 is 0 Å². The first kappa shape index (κ1) is 13.4. The maximum absolute atomic E-state index is 12.8. The highest BCUT2D eigenvalue weighted by Gasteiger charge is 2.39. The van der Waals surface area contributed by atoms with Gasteiger partial charge in [-0.1, -0.05) is 35.5 Å². The Morgan fingerprint density at radius 2 is 1.85 bits per heavy atom. The summed E-state index contributed by atoms with van der Waals surface area (Å²) in [6.07, 6.45) is -4.59. The molecular weight excluding hydrogens is 313 g/mol. The zero-order chi connectivity index (χ0) is 14.3. The van der Waals surface area contributed by atoms with E-state index in [0.717, 1.165) is 22.0 Å². The Balaban J connectivity index is 2.05. The smallest absolute Gasteiger partial charge is 0.182 e. The molecule has 1 aliphatic heterocycles. The van der Waals surface area contributed by atoms with Crippen LogP contribution in [0.1, 0.15) is 11.4 Å². The third-order valence-corrected chi connectivity index (χ3v) is 3.78. The lowest BCUT2D eigenvalue weighted by Crippen LogP contribution is -2.18. The molecule has 0 saturated carbocycles. The van der Waals surface area contributed by atoms with E-state index in [1.165, 1.54) is 0 Å². The average molecular weight is 319 g/mol. The van der Waals surface area contributed by atoms with Crippen molar-refractivity contribution in [1.29, 1.82) is 0 Å². The molecule has 20 heavy (non-hydrogen) atoms. The second-order valence-corrected chi connectivity index (χ2v) is 5.34. The van der Waals surface area contributed by atoms with Crippen molar-refractivity contribution in [3.05, 3.63) is 40.7 Å². The summed E-state index contributed by atoms with van der Waals surface area (Å²) in [5.74, 6) is -0.691. The summed E-state index contributed by atoms with van der Waals surface area (Å²) in [6, 6.07) is 6.75. The van der Waals surface area contributed by atoms with Gasteiger partial charge in [-0.25, -0.2) is 0 Å². The molecule has 0 spiro atoms. The zero-order valence-corrected chi connectivity index (χ0v) is 11.3. The molecule has 0 aliphatic carbocycles. The first-order valence-corrected chi connectivity index (χ1v) is 6.81. The van der Waals surface area contributed by atoms with Crippen LogP contribution in [0.4, 0.5) is 13.2 Å². The summed E-state index contributed by atoms with van der Waals surface area (Å²) < 4.78 is 39.1. The van der Waals surface area contributed by atoms with E-state index in [4.69, 9.17) is 11.6 Å². The molecule has 0 bridgehead atoms. The zero-order valence-electron chi connectivity index (χ0n) is 9.73. The lowest BCUT2D eigenvalue weighted by atomic mass is 10.1. The third-order valence-electron chi connectivity index (χ3n) is 2.60. The van der Waals surface area contributed by atoms with Gasteiger partial charge in [-0.05, 0) is 17.7 Å². The van der Waals surface area contributed by atoms with E-state index in [9.17, 15) is 13.2 Å². The second-order valence-electron chi connectivity index (χ2n) is 3.96. The molecule has 104 valence electrons. The number of hydrogen-bond donors (Lipinski definition) is 0. The van der Waals surface area contributed by atoms with Crippen molar-refractivity contribution < 1.29 is 13.2 Å². The van der Waals surface area contributed by atoms with Crippen molar-refractivity contribution in [3.8, 4) is 0 Å². The number of alkyl halides is 3. The lowest BCUT2D eigenvalue weighted by molar-refractivity contribution is -0.147. The first-order chi connectivity index (χ1) is 9.45. The molecule has 9 heteroatoms. The molecule has 2 aromatic rings. The molecule has 0 radical (unpaired) electrons. The van der Waals surface area contributed by atoms with Crippen LogP contribution in [-0.4, -0.2) is 26.3 Å². The van der Waals surface area contributed by atoms with Gasteiger partial charge >= 0.3 is 6.18 Å². The van der Waals surface area contributed by atoms with E-state index in [0.29, 0.717) is 16.5 Å². The summed E-state index contributed by atoms with van der Waals surface area (Å²) in [5.41, 5.74) is 1.24. The molecule has 1 aromatic heterocycles. The minimum atomic E-state index is -4.59. The molecule has 0 N–H and O–H groups in total. The van der Waals surface area contributed by atoms with Crippen LogP contribution in [0.25, 0.3) is 0 Å². The topological polar surface area (TPSA) is 43.1 Å². The van der Waals surface area contributed by atoms with E-state index in [1.54, 1.807) is 24.3 Å². The van der Waals surface area contributed by atoms with E-state index in [-0.39, 0.29) is 5.16 Å². The number of fused-ring (bicyclic) bond motifs is 1. The Kier molecular flexibility index (Phi) is 3.21. The molecule has 0 amide bonds. The number of halogens is 4. The summed E-state index contributed by atoms with van der Waals surface area (Å²) in [4.78, 5) is 0. The fourth-order valence-corrected chi connectivity index (χ4v) is 2.65. The molecular formula is C11H6ClF3N4S. The van der Waals surface area contributed by atoms with Crippen molar-refractivity contribution in [2.24, 2.45) is 5.10 Å². The molecule has 3 rings (SSSR count). The fraction of sp³-hybridized carbons (Fsp3) is 0.182. The van der Waals surface area contributed by atoms with Crippen molar-refractivity contribution in [2.45, 2.75) is 11.3 Å². The van der Waals surface area contributed by atoms with Gasteiger partial charge in [-0.2, -0.15) is 22.9 Å². The lowest BCUT2D eigenvalue weighted by Gasteiger charge is -2.14. The van der Waals surface area contributed by atoms with Crippen LogP contribution >= 0.6 is 23.4 Å². The highest BCUT2D eigenvalue weighted by Crippen LogP contribution is 2.32. The van der Waals surface area contributed by atoms with Gasteiger partial charge in [0.1, 0.15) is 0 Å². The van der Waals surface area contributed by atoms with Gasteiger partial charge in [-0.15, -0.1) is 10.2 Å². The Hall–Kier alpha value is -1.54. The van der Waals surface area contributed by atoms with E-state index in [1.807, 2.05) is 0 Å². The second kappa shape index (κ2) is 4.78. The summed E-state index contributed by atoms with van der Waals surface area (Å²) in [5, 5.41) is 11.3. The average Bonchev–Trinajstić information content (AvgIpc) is 2.82. The molecule has 1 aliphatic rings. The van der Waals surface area contributed by atoms with Crippen molar-refractivity contribution in [2.75, 3.05) is 5.75 Å². The normalized spacial score (nSPS) is 14.9. The summed E-state index contributed by atoms with van der Waals surface area (Å²) in [7, 11) is 0. The van der Waals surface area contributed by atoms with Crippen LogP contribution in [0.3, 0.4) is 0 Å². The monoisotopic (exact) mass is 318 g/mol. The molecule has 0 saturated heterocycles. The van der Waals surface area contributed by atoms with Gasteiger partial charge in [0.15, 0.2) is 0 Å². The Morgan fingerprint density at radius 3 is 2.50 bits per heavy atom. The minimum absolute atomic E-state index is 0.134. The Bertz CT molecular complexity index is 678. The molecule has 2 heterocycles. The van der Waals surface area contributed by atoms with E-state index in [2.05, 4.69) is 15.3 Å². The van der Waals surface area contributed by atoms with Gasteiger partial charge in [0.05, 0.1) is 5.71 Å². The largest absolute Gasteiger partial charge is 0.453 e. The van der Waals surface area contributed by atoms with Crippen molar-refractivity contribution in [1.82, 2.24) is 14.9 Å². The number of thioether (sulfide) groups is 1. The third kappa shape index (κ3) is 2.40. The molecule has 1 aromatic carbocycles. The van der Waals surface area contributed by atoms with Crippen LogP contribution in [0, 0.1) is 0 Å². The molecule has 0 fully saturated rings. The quantitative estimate of drug-likeness (QED) is 0.810. The van der Waals surface area contributed by atoms with Gasteiger partial charge in [0, 0.05) is 10.8 Å². The number of rotatable bonds is 1. The van der Waals surface area contributed by atoms with Crippen LogP contribution in [0.5, 0.6) is 0 Å². The van der Waals surface area contributed by atoms with Crippen molar-refractivity contribution in [3.63, 3.8) is 0 Å². The van der Waals surface area contributed by atoms with Gasteiger partial charge in [-0.3, -0.25) is 0 Å². The predicted molar refractivity (Wildman–Crippen MR) is 69.1 cm³/mol. The highest BCUT2D eigenvalue weighted by atomic mass is 35.5. The minimum Gasteiger partial charge on any atom is -0.182 e. The van der Waals surface area contributed by atoms with E-state index >= 15 is 0 Å². The molecule has 4 nitrogen and oxygen atoms in total. The number of nitrogens with zero attached hydrogens (tertiary/aromatic N) is 4. The summed E-state index contributed by atoms with van der Waals surface area (Å²) >= 11 is 6.94. The summed E-state index contributed by atoms with van der Waals surface area (Å²) in [6.45, 7) is 0. The SMILES string of the molecule is FC(F)(F)c1nnc2n1N=C(c1ccc(Cl)cc1)CS2. The van der Waals surface area contributed by atoms with Gasteiger partial charge in [0.25, 0.3) is 5.82 Å². The van der Waals surface area contributed by atoms with E-state index < -0.39 is 12.0 Å². The first-order valence-electron chi connectivity index (χ1n) is 5.44. The molecule has 0 atom stereocenters.